The van der Waals surface area contributed by atoms with Gasteiger partial charge in [-0.3, -0.25) is 4.79 Å². The zero-order chi connectivity index (χ0) is 17.1. The van der Waals surface area contributed by atoms with Crippen molar-refractivity contribution < 1.29 is 18.7 Å². The predicted octanol–water partition coefficient (Wildman–Crippen LogP) is 1.72. The molecule has 4 heterocycles. The Bertz CT molecular complexity index is 713. The van der Waals surface area contributed by atoms with Gasteiger partial charge >= 0.3 is 0 Å². The zero-order valence-electron chi connectivity index (χ0n) is 14.0. The van der Waals surface area contributed by atoms with Crippen molar-refractivity contribution in [3.05, 3.63) is 48.0 Å². The standard InChI is InChI=1S/C18H21N3O4/c22-18(21-8-12-25-16(13-21)15-4-2-9-24-15)14-3-1-5-19-17(14)20-6-10-23-11-7-20/h1-5,9,16H,6-8,10-13H2. The van der Waals surface area contributed by atoms with Gasteiger partial charge in [-0.05, 0) is 24.3 Å². The van der Waals surface area contributed by atoms with Gasteiger partial charge < -0.3 is 23.7 Å². The number of morpholine rings is 2. The molecule has 0 saturated carbocycles. The van der Waals surface area contributed by atoms with E-state index in [4.69, 9.17) is 13.9 Å². The lowest BCUT2D eigenvalue weighted by atomic mass is 10.1. The van der Waals surface area contributed by atoms with Crippen molar-refractivity contribution in [1.82, 2.24) is 9.88 Å². The van der Waals surface area contributed by atoms with Crippen molar-refractivity contribution in [3.8, 4) is 0 Å². The van der Waals surface area contributed by atoms with E-state index >= 15 is 0 Å². The quantitative estimate of drug-likeness (QED) is 0.845. The van der Waals surface area contributed by atoms with Crippen LogP contribution in [0.3, 0.4) is 0 Å². The van der Waals surface area contributed by atoms with Crippen LogP contribution in [0.1, 0.15) is 22.2 Å². The lowest BCUT2D eigenvalue weighted by Gasteiger charge is -2.34. The molecule has 0 N–H and O–H groups in total. The molecule has 0 bridgehead atoms. The highest BCUT2D eigenvalue weighted by atomic mass is 16.5. The number of carbonyl (C=O) groups excluding carboxylic acids is 1. The Morgan fingerprint density at radius 3 is 2.80 bits per heavy atom. The minimum absolute atomic E-state index is 0.0190. The van der Waals surface area contributed by atoms with E-state index in [0.717, 1.165) is 24.7 Å². The van der Waals surface area contributed by atoms with Crippen molar-refractivity contribution in [2.75, 3.05) is 50.9 Å². The lowest BCUT2D eigenvalue weighted by Crippen LogP contribution is -2.43. The Hall–Kier alpha value is -2.38. The van der Waals surface area contributed by atoms with E-state index in [1.165, 1.54) is 0 Å². The van der Waals surface area contributed by atoms with Gasteiger partial charge in [-0.25, -0.2) is 4.98 Å². The second-order valence-electron chi connectivity index (χ2n) is 6.10. The number of pyridine rings is 1. The maximum Gasteiger partial charge on any atom is 0.257 e. The van der Waals surface area contributed by atoms with Crippen LogP contribution in [-0.2, 0) is 9.47 Å². The Labute approximate surface area is 146 Å². The van der Waals surface area contributed by atoms with Crippen LogP contribution in [0.4, 0.5) is 5.82 Å². The highest BCUT2D eigenvalue weighted by Crippen LogP contribution is 2.26. The van der Waals surface area contributed by atoms with E-state index in [2.05, 4.69) is 9.88 Å². The molecule has 25 heavy (non-hydrogen) atoms. The summed E-state index contributed by atoms with van der Waals surface area (Å²) in [5.74, 6) is 1.46. The fourth-order valence-electron chi connectivity index (χ4n) is 3.24. The van der Waals surface area contributed by atoms with E-state index in [1.807, 2.05) is 29.2 Å². The molecule has 1 atom stereocenters. The molecule has 7 nitrogen and oxygen atoms in total. The van der Waals surface area contributed by atoms with Gasteiger partial charge in [-0.15, -0.1) is 0 Å². The second-order valence-corrected chi connectivity index (χ2v) is 6.10. The molecular formula is C18H21N3O4. The first-order chi connectivity index (χ1) is 12.3. The number of amides is 1. The van der Waals surface area contributed by atoms with Crippen molar-refractivity contribution in [2.24, 2.45) is 0 Å². The minimum Gasteiger partial charge on any atom is -0.467 e. The molecule has 4 rings (SSSR count). The monoisotopic (exact) mass is 343 g/mol. The van der Waals surface area contributed by atoms with E-state index in [9.17, 15) is 4.79 Å². The van der Waals surface area contributed by atoms with Gasteiger partial charge in [-0.2, -0.15) is 0 Å². The van der Waals surface area contributed by atoms with Gasteiger partial charge in [0.15, 0.2) is 0 Å². The molecule has 2 aliphatic heterocycles. The summed E-state index contributed by atoms with van der Waals surface area (Å²) < 4.78 is 16.6. The van der Waals surface area contributed by atoms with E-state index in [0.29, 0.717) is 38.5 Å². The lowest BCUT2D eigenvalue weighted by molar-refractivity contribution is -0.0321. The number of aromatic nitrogens is 1. The number of nitrogens with zero attached hydrogens (tertiary/aromatic N) is 3. The predicted molar refractivity (Wildman–Crippen MR) is 90.6 cm³/mol. The normalized spacial score (nSPS) is 21.4. The smallest absolute Gasteiger partial charge is 0.257 e. The number of rotatable bonds is 3. The van der Waals surface area contributed by atoms with Gasteiger partial charge in [0.1, 0.15) is 17.7 Å². The molecule has 1 amide bonds. The maximum atomic E-state index is 13.1. The molecule has 7 heteroatoms. The van der Waals surface area contributed by atoms with Crippen LogP contribution in [0.2, 0.25) is 0 Å². The summed E-state index contributed by atoms with van der Waals surface area (Å²) in [6.45, 7) is 4.33. The van der Waals surface area contributed by atoms with Crippen LogP contribution in [0.25, 0.3) is 0 Å². The first kappa shape index (κ1) is 16.1. The number of ether oxygens (including phenoxy) is 2. The average Bonchev–Trinajstić information content (AvgIpc) is 3.23. The third kappa shape index (κ3) is 3.38. The van der Waals surface area contributed by atoms with Crippen molar-refractivity contribution in [1.29, 1.82) is 0 Å². The van der Waals surface area contributed by atoms with Crippen LogP contribution in [-0.4, -0.2) is 61.8 Å². The Morgan fingerprint density at radius 2 is 2.00 bits per heavy atom. The fraction of sp³-hybridized carbons (Fsp3) is 0.444. The topological polar surface area (TPSA) is 68.0 Å². The Morgan fingerprint density at radius 1 is 1.12 bits per heavy atom. The molecule has 2 aromatic heterocycles. The first-order valence-corrected chi connectivity index (χ1v) is 8.55. The van der Waals surface area contributed by atoms with Gasteiger partial charge in [0.05, 0.1) is 38.2 Å². The fourth-order valence-corrected chi connectivity index (χ4v) is 3.24. The molecule has 0 aromatic carbocycles. The molecular weight excluding hydrogens is 322 g/mol. The molecule has 2 saturated heterocycles. The summed E-state index contributed by atoms with van der Waals surface area (Å²) in [5, 5.41) is 0. The van der Waals surface area contributed by atoms with E-state index in [1.54, 1.807) is 12.5 Å². The molecule has 0 spiro atoms. The second kappa shape index (κ2) is 7.25. The minimum atomic E-state index is -0.226. The van der Waals surface area contributed by atoms with Crippen LogP contribution in [0, 0.1) is 0 Å². The molecule has 132 valence electrons. The van der Waals surface area contributed by atoms with E-state index in [-0.39, 0.29) is 12.0 Å². The number of hydrogen-bond acceptors (Lipinski definition) is 6. The summed E-state index contributed by atoms with van der Waals surface area (Å²) in [6.07, 6.45) is 3.13. The van der Waals surface area contributed by atoms with Crippen LogP contribution in [0.15, 0.2) is 41.1 Å². The SMILES string of the molecule is O=C(c1cccnc1N1CCOCC1)N1CCOC(c2ccco2)C1. The summed E-state index contributed by atoms with van der Waals surface area (Å²) in [4.78, 5) is 21.5. The van der Waals surface area contributed by atoms with Gasteiger partial charge in [0.25, 0.3) is 5.91 Å². The maximum absolute atomic E-state index is 13.1. The van der Waals surface area contributed by atoms with Gasteiger partial charge in [0.2, 0.25) is 0 Å². The Kier molecular flexibility index (Phi) is 4.67. The third-order valence-electron chi connectivity index (χ3n) is 4.54. The zero-order valence-corrected chi connectivity index (χ0v) is 14.0. The molecule has 0 aliphatic carbocycles. The van der Waals surface area contributed by atoms with Crippen LogP contribution in [0.5, 0.6) is 0 Å². The van der Waals surface area contributed by atoms with Crippen molar-refractivity contribution >= 4 is 11.7 Å². The van der Waals surface area contributed by atoms with Gasteiger partial charge in [-0.1, -0.05) is 0 Å². The van der Waals surface area contributed by atoms with Gasteiger partial charge in [0, 0.05) is 25.8 Å². The average molecular weight is 343 g/mol. The molecule has 0 radical (unpaired) electrons. The molecule has 1 unspecified atom stereocenters. The van der Waals surface area contributed by atoms with Crippen LogP contribution >= 0.6 is 0 Å². The number of carbonyl (C=O) groups is 1. The largest absolute Gasteiger partial charge is 0.467 e. The van der Waals surface area contributed by atoms with Crippen molar-refractivity contribution in [2.45, 2.75) is 6.10 Å². The van der Waals surface area contributed by atoms with E-state index < -0.39 is 0 Å². The van der Waals surface area contributed by atoms with Crippen molar-refractivity contribution in [3.63, 3.8) is 0 Å². The number of hydrogen-bond donors (Lipinski definition) is 0. The summed E-state index contributed by atoms with van der Waals surface area (Å²) >= 11 is 0. The number of anilines is 1. The molecule has 2 fully saturated rings. The number of furan rings is 1. The molecule has 2 aliphatic rings. The third-order valence-corrected chi connectivity index (χ3v) is 4.54. The summed E-state index contributed by atoms with van der Waals surface area (Å²) in [7, 11) is 0. The summed E-state index contributed by atoms with van der Waals surface area (Å²) in [5.41, 5.74) is 0.629. The highest BCUT2D eigenvalue weighted by Gasteiger charge is 2.30. The highest BCUT2D eigenvalue weighted by molar-refractivity contribution is 5.99. The molecule has 2 aromatic rings. The summed E-state index contributed by atoms with van der Waals surface area (Å²) in [6, 6.07) is 7.36. The Balaban J connectivity index is 1.54. The van der Waals surface area contributed by atoms with Crippen LogP contribution < -0.4 is 4.90 Å². The first-order valence-electron chi connectivity index (χ1n) is 8.55.